The lowest BCUT2D eigenvalue weighted by Gasteiger charge is -2.03. The van der Waals surface area contributed by atoms with Crippen molar-refractivity contribution in [1.29, 1.82) is 0 Å². The maximum atomic E-state index is 8.70. The van der Waals surface area contributed by atoms with Crippen LogP contribution in [-0.4, -0.2) is 49.1 Å². The van der Waals surface area contributed by atoms with Gasteiger partial charge >= 0.3 is 8.25 Å². The standard InChI is InChI=1S/C6H18N4.6C2H4.HO3P/c7-1-3-9-5-6-10-4-2-8;6*1-2;1-4(2)3/h9-10H,1-8H2;6*1-2H2;(H-,1,2,3)/p+1. The second-order valence-corrected chi connectivity index (χ2v) is 2.84. The Kier molecular flexibility index (Phi) is 256. The molecule has 26 heavy (non-hydrogen) atoms. The van der Waals surface area contributed by atoms with Gasteiger partial charge in [0.2, 0.25) is 0 Å². The maximum absolute atomic E-state index is 8.70. The molecule has 0 saturated heterocycles. The van der Waals surface area contributed by atoms with Crippen LogP contribution in [0.15, 0.2) is 78.9 Å². The van der Waals surface area contributed by atoms with Gasteiger partial charge in [0.15, 0.2) is 0 Å². The largest absolute Gasteiger partial charge is 0.692 e. The number of rotatable bonds is 7. The van der Waals surface area contributed by atoms with Gasteiger partial charge in [0, 0.05) is 43.8 Å². The van der Waals surface area contributed by atoms with Crippen LogP contribution in [0.4, 0.5) is 0 Å². The van der Waals surface area contributed by atoms with E-state index in [1.165, 1.54) is 0 Å². The fourth-order valence-electron chi connectivity index (χ4n) is 0.631. The Bertz CT molecular complexity index is 176. The fraction of sp³-hybridized carbons (Fsp3) is 0.333. The van der Waals surface area contributed by atoms with Crippen molar-refractivity contribution in [2.75, 3.05) is 39.3 Å². The van der Waals surface area contributed by atoms with Gasteiger partial charge in [-0.25, -0.2) is 0 Å². The minimum Gasteiger partial charge on any atom is -0.329 e. The van der Waals surface area contributed by atoms with E-state index in [0.29, 0.717) is 13.1 Å². The lowest BCUT2D eigenvalue weighted by atomic mass is 10.5. The van der Waals surface area contributed by atoms with Crippen molar-refractivity contribution < 1.29 is 14.4 Å². The van der Waals surface area contributed by atoms with E-state index in [-0.39, 0.29) is 0 Å². The molecule has 0 rings (SSSR count). The van der Waals surface area contributed by atoms with Crippen LogP contribution in [0.1, 0.15) is 0 Å². The average Bonchev–Trinajstić information content (AvgIpc) is 2.73. The van der Waals surface area contributed by atoms with Crippen LogP contribution in [-0.2, 0) is 4.57 Å². The van der Waals surface area contributed by atoms with Gasteiger partial charge in [0.05, 0.1) is 0 Å². The zero-order chi connectivity index (χ0) is 23.2. The molecule has 158 valence electrons. The summed E-state index contributed by atoms with van der Waals surface area (Å²) in [5.41, 5.74) is 10.5. The smallest absolute Gasteiger partial charge is 0.329 e. The number of hydrogen-bond acceptors (Lipinski definition) is 5. The summed E-state index contributed by atoms with van der Waals surface area (Å²) in [5.74, 6) is 0. The SMILES string of the molecule is C=C.C=C.C=C.C=C.C=C.C=C.NCCNCCNCCN.O=[P+](O)O. The normalized spacial score (nSPS) is 5.85. The molecular weight excluding hydrogens is 351 g/mol. The summed E-state index contributed by atoms with van der Waals surface area (Å²) in [6.07, 6.45) is 0. The van der Waals surface area contributed by atoms with Crippen LogP contribution >= 0.6 is 8.25 Å². The molecule has 0 aromatic rings. The Hall–Kier alpha value is -1.70. The van der Waals surface area contributed by atoms with Crippen LogP contribution in [0.5, 0.6) is 0 Å². The quantitative estimate of drug-likeness (QED) is 0.222. The van der Waals surface area contributed by atoms with E-state index >= 15 is 0 Å². The molecule has 0 fully saturated rings. The van der Waals surface area contributed by atoms with Crippen LogP contribution < -0.4 is 22.1 Å². The molecule has 0 aromatic heterocycles. The van der Waals surface area contributed by atoms with Gasteiger partial charge in [-0.15, -0.1) is 88.7 Å². The minimum absolute atomic E-state index is 0.705. The Labute approximate surface area is 163 Å². The summed E-state index contributed by atoms with van der Waals surface area (Å²) in [4.78, 5) is 14.2. The zero-order valence-electron chi connectivity index (χ0n) is 16.6. The van der Waals surface area contributed by atoms with Crippen LogP contribution in [0.2, 0.25) is 0 Å². The van der Waals surface area contributed by atoms with E-state index in [2.05, 4.69) is 89.6 Å². The number of nitrogens with two attached hydrogens (primary N) is 2. The Morgan fingerprint density at radius 1 is 0.577 bits per heavy atom. The fourth-order valence-corrected chi connectivity index (χ4v) is 0.631. The predicted octanol–water partition coefficient (Wildman–Crippen LogP) is 2.52. The van der Waals surface area contributed by atoms with Crippen molar-refractivity contribution in [3.63, 3.8) is 0 Å². The van der Waals surface area contributed by atoms with E-state index in [9.17, 15) is 0 Å². The van der Waals surface area contributed by atoms with Crippen molar-refractivity contribution in [3.8, 4) is 0 Å². The highest BCUT2D eigenvalue weighted by Crippen LogP contribution is 1.98. The third kappa shape index (κ3) is 360. The van der Waals surface area contributed by atoms with Crippen LogP contribution in [0.25, 0.3) is 0 Å². The minimum atomic E-state index is -2.87. The first-order valence-corrected chi connectivity index (χ1v) is 8.48. The maximum Gasteiger partial charge on any atom is 0.692 e. The molecule has 0 atom stereocenters. The average molecular weight is 396 g/mol. The molecular formula is C18H44N4O3P+. The van der Waals surface area contributed by atoms with Gasteiger partial charge in [-0.2, -0.15) is 0 Å². The molecule has 0 saturated carbocycles. The summed E-state index contributed by atoms with van der Waals surface area (Å²) in [6, 6.07) is 0. The highest BCUT2D eigenvalue weighted by Gasteiger charge is 1.93. The molecule has 0 aliphatic heterocycles. The Morgan fingerprint density at radius 2 is 0.731 bits per heavy atom. The molecule has 0 aliphatic rings. The van der Waals surface area contributed by atoms with Crippen molar-refractivity contribution in [3.05, 3.63) is 78.9 Å². The summed E-state index contributed by atoms with van der Waals surface area (Å²) in [5, 5.41) is 6.33. The monoisotopic (exact) mass is 395 g/mol. The van der Waals surface area contributed by atoms with Crippen molar-refractivity contribution in [2.24, 2.45) is 11.5 Å². The summed E-state index contributed by atoms with van der Waals surface area (Å²) in [7, 11) is -2.87. The molecule has 7 nitrogen and oxygen atoms in total. The van der Waals surface area contributed by atoms with Crippen LogP contribution in [0.3, 0.4) is 0 Å². The first kappa shape index (κ1) is 49.7. The van der Waals surface area contributed by atoms with Gasteiger partial charge in [-0.1, -0.05) is 0 Å². The van der Waals surface area contributed by atoms with E-state index in [1.807, 2.05) is 0 Å². The summed E-state index contributed by atoms with van der Waals surface area (Å²) >= 11 is 0. The second-order valence-electron chi connectivity index (χ2n) is 2.33. The molecule has 8 heteroatoms. The van der Waals surface area contributed by atoms with E-state index in [4.69, 9.17) is 25.8 Å². The molecule has 0 amide bonds. The third-order valence-electron chi connectivity index (χ3n) is 1.12. The zero-order valence-corrected chi connectivity index (χ0v) is 17.5. The number of hydrogen-bond donors (Lipinski definition) is 6. The van der Waals surface area contributed by atoms with E-state index in [0.717, 1.165) is 26.2 Å². The summed E-state index contributed by atoms with van der Waals surface area (Å²) < 4.78 is 8.70. The van der Waals surface area contributed by atoms with Gasteiger partial charge in [-0.05, 0) is 0 Å². The lowest BCUT2D eigenvalue weighted by Crippen LogP contribution is -2.32. The molecule has 0 radical (unpaired) electrons. The second kappa shape index (κ2) is 134. The van der Waals surface area contributed by atoms with Crippen molar-refractivity contribution >= 4 is 8.25 Å². The summed E-state index contributed by atoms with van der Waals surface area (Å²) in [6.45, 7) is 41.1. The lowest BCUT2D eigenvalue weighted by molar-refractivity contribution is 0.405. The molecule has 0 unspecified atom stereocenters. The Balaban J connectivity index is -0.0000000285. The van der Waals surface area contributed by atoms with Gasteiger partial charge < -0.3 is 22.1 Å². The molecule has 0 aromatic carbocycles. The van der Waals surface area contributed by atoms with Gasteiger partial charge in [-0.3, -0.25) is 0 Å². The Morgan fingerprint density at radius 3 is 0.846 bits per heavy atom. The van der Waals surface area contributed by atoms with Gasteiger partial charge in [0.25, 0.3) is 0 Å². The molecule has 0 aliphatic carbocycles. The third-order valence-corrected chi connectivity index (χ3v) is 1.12. The first-order valence-electron chi connectivity index (χ1n) is 7.31. The first-order chi connectivity index (χ1) is 12.6. The predicted molar refractivity (Wildman–Crippen MR) is 123 cm³/mol. The van der Waals surface area contributed by atoms with Crippen LogP contribution in [0, 0.1) is 0 Å². The van der Waals surface area contributed by atoms with E-state index in [1.54, 1.807) is 0 Å². The molecule has 8 N–H and O–H groups in total. The number of nitrogens with one attached hydrogen (secondary N) is 2. The molecule has 0 spiro atoms. The van der Waals surface area contributed by atoms with Gasteiger partial charge in [0.1, 0.15) is 0 Å². The topological polar surface area (TPSA) is 134 Å². The molecule has 0 heterocycles. The highest BCUT2D eigenvalue weighted by molar-refractivity contribution is 7.30. The van der Waals surface area contributed by atoms with Crippen molar-refractivity contribution in [2.45, 2.75) is 0 Å². The van der Waals surface area contributed by atoms with E-state index < -0.39 is 8.25 Å². The molecule has 0 bridgehead atoms. The highest BCUT2D eigenvalue weighted by atomic mass is 31.1. The van der Waals surface area contributed by atoms with Crippen molar-refractivity contribution in [1.82, 2.24) is 10.6 Å².